The second kappa shape index (κ2) is 13.1. The van der Waals surface area contributed by atoms with Gasteiger partial charge in [0.25, 0.3) is 0 Å². The number of nitrogens with one attached hydrogen (secondary N) is 1. The van der Waals surface area contributed by atoms with Gasteiger partial charge in [-0.25, -0.2) is 0 Å². The third kappa shape index (κ3) is 7.05. The van der Waals surface area contributed by atoms with E-state index in [2.05, 4.69) is 43.7 Å². The molecule has 1 aromatic rings. The molecule has 0 bridgehead atoms. The van der Waals surface area contributed by atoms with Gasteiger partial charge in [-0.2, -0.15) is 0 Å². The third-order valence-corrected chi connectivity index (χ3v) is 5.34. The van der Waals surface area contributed by atoms with Crippen LogP contribution in [0.1, 0.15) is 19.7 Å². The van der Waals surface area contributed by atoms with Crippen molar-refractivity contribution in [2.75, 3.05) is 72.1 Å². The summed E-state index contributed by atoms with van der Waals surface area (Å²) in [5.41, 5.74) is 0. The van der Waals surface area contributed by atoms with Crippen LogP contribution in [0.5, 0.6) is 0 Å². The Bertz CT molecular complexity index is 669. The molecule has 3 heterocycles. The van der Waals surface area contributed by atoms with Crippen molar-refractivity contribution in [2.24, 2.45) is 4.99 Å². The Kier molecular flexibility index (Phi) is 10.8. The van der Waals surface area contributed by atoms with E-state index < -0.39 is 0 Å². The van der Waals surface area contributed by atoms with Gasteiger partial charge in [0, 0.05) is 58.8 Å². The van der Waals surface area contributed by atoms with Gasteiger partial charge >= 0.3 is 0 Å². The van der Waals surface area contributed by atoms with Crippen LogP contribution < -0.4 is 5.32 Å². The number of rotatable bonds is 7. The monoisotopic (exact) mass is 534 g/mol. The van der Waals surface area contributed by atoms with E-state index in [0.29, 0.717) is 39.4 Å². The molecule has 1 amide bonds. The number of amides is 1. The lowest BCUT2D eigenvalue weighted by Crippen LogP contribution is -2.55. The van der Waals surface area contributed by atoms with Gasteiger partial charge in [0.15, 0.2) is 5.96 Å². The minimum atomic E-state index is 0. The molecule has 2 fully saturated rings. The van der Waals surface area contributed by atoms with E-state index in [0.717, 1.165) is 57.5 Å². The standard InChI is InChI=1S/C19H34N8O2.HI/c1-3-17-23-22-16-27(17)6-5-21-19(20-4-2)26-9-7-24(8-10-26)15-18(28)25-11-13-29-14-12-25;/h16H,3-15H2,1-2H3,(H,20,21);1H. The number of morpholine rings is 1. The predicted molar refractivity (Wildman–Crippen MR) is 126 cm³/mol. The van der Waals surface area contributed by atoms with E-state index in [1.165, 1.54) is 0 Å². The summed E-state index contributed by atoms with van der Waals surface area (Å²) in [6, 6.07) is 0. The maximum Gasteiger partial charge on any atom is 0.236 e. The van der Waals surface area contributed by atoms with Crippen molar-refractivity contribution in [3.05, 3.63) is 12.2 Å². The molecule has 1 aromatic heterocycles. The van der Waals surface area contributed by atoms with Crippen LogP contribution in [0, 0.1) is 0 Å². The summed E-state index contributed by atoms with van der Waals surface area (Å²) >= 11 is 0. The number of carbonyl (C=O) groups is 1. The fraction of sp³-hybridized carbons (Fsp3) is 0.789. The molecule has 0 saturated carbocycles. The molecular formula is C19H35IN8O2. The maximum absolute atomic E-state index is 12.5. The number of aromatic nitrogens is 3. The Labute approximate surface area is 196 Å². The van der Waals surface area contributed by atoms with E-state index in [1.807, 2.05) is 4.90 Å². The molecule has 0 aromatic carbocycles. The molecule has 2 aliphatic heterocycles. The van der Waals surface area contributed by atoms with Crippen molar-refractivity contribution in [3.63, 3.8) is 0 Å². The van der Waals surface area contributed by atoms with Crippen molar-refractivity contribution in [1.82, 2.24) is 34.8 Å². The molecule has 3 rings (SSSR count). The first-order valence-corrected chi connectivity index (χ1v) is 10.7. The normalized spacial score (nSPS) is 18.3. The van der Waals surface area contributed by atoms with Crippen molar-refractivity contribution in [1.29, 1.82) is 0 Å². The molecule has 0 unspecified atom stereocenters. The van der Waals surface area contributed by atoms with Gasteiger partial charge in [0.2, 0.25) is 5.91 Å². The highest BCUT2D eigenvalue weighted by Crippen LogP contribution is 2.05. The predicted octanol–water partition coefficient (Wildman–Crippen LogP) is -0.0996. The molecule has 11 heteroatoms. The summed E-state index contributed by atoms with van der Waals surface area (Å²) in [4.78, 5) is 23.7. The number of carbonyl (C=O) groups excluding carboxylic acids is 1. The lowest BCUT2D eigenvalue weighted by atomic mass is 10.3. The van der Waals surface area contributed by atoms with Gasteiger partial charge in [-0.05, 0) is 6.92 Å². The molecule has 30 heavy (non-hydrogen) atoms. The van der Waals surface area contributed by atoms with Crippen LogP contribution in [0.4, 0.5) is 0 Å². The van der Waals surface area contributed by atoms with E-state index in [9.17, 15) is 4.79 Å². The Hall–Kier alpha value is -1.47. The second-order valence-electron chi connectivity index (χ2n) is 7.29. The molecule has 170 valence electrons. The largest absolute Gasteiger partial charge is 0.378 e. The Balaban J connectivity index is 0.00000320. The van der Waals surface area contributed by atoms with Crippen molar-refractivity contribution in [2.45, 2.75) is 26.8 Å². The van der Waals surface area contributed by atoms with Crippen LogP contribution in [-0.2, 0) is 22.5 Å². The number of hydrogen-bond donors (Lipinski definition) is 1. The summed E-state index contributed by atoms with van der Waals surface area (Å²) < 4.78 is 7.39. The van der Waals surface area contributed by atoms with Crippen LogP contribution in [0.3, 0.4) is 0 Å². The Morgan fingerprint density at radius 2 is 1.87 bits per heavy atom. The van der Waals surface area contributed by atoms with E-state index in [-0.39, 0.29) is 29.9 Å². The maximum atomic E-state index is 12.5. The third-order valence-electron chi connectivity index (χ3n) is 5.34. The first kappa shape index (κ1) is 24.8. The van der Waals surface area contributed by atoms with Gasteiger partial charge in [0.05, 0.1) is 26.3 Å². The number of guanidine groups is 1. The van der Waals surface area contributed by atoms with Crippen molar-refractivity contribution in [3.8, 4) is 0 Å². The van der Waals surface area contributed by atoms with Crippen LogP contribution in [-0.4, -0.2) is 113 Å². The molecule has 0 atom stereocenters. The number of nitrogens with zero attached hydrogens (tertiary/aromatic N) is 7. The molecule has 2 saturated heterocycles. The first-order valence-electron chi connectivity index (χ1n) is 10.7. The van der Waals surface area contributed by atoms with E-state index >= 15 is 0 Å². The average Bonchev–Trinajstić information content (AvgIpc) is 3.22. The zero-order chi connectivity index (χ0) is 20.5. The highest BCUT2D eigenvalue weighted by Gasteiger charge is 2.24. The lowest BCUT2D eigenvalue weighted by Gasteiger charge is -2.37. The van der Waals surface area contributed by atoms with Gasteiger partial charge in [-0.1, -0.05) is 6.92 Å². The number of aliphatic imine (C=N–C) groups is 1. The molecule has 2 aliphatic rings. The number of halogens is 1. The second-order valence-corrected chi connectivity index (χ2v) is 7.29. The van der Waals surface area contributed by atoms with Crippen LogP contribution in [0.15, 0.2) is 11.3 Å². The van der Waals surface area contributed by atoms with Crippen LogP contribution in [0.2, 0.25) is 0 Å². The van der Waals surface area contributed by atoms with Crippen LogP contribution >= 0.6 is 24.0 Å². The SMILES string of the molecule is CCNC(=NCCn1cnnc1CC)N1CCN(CC(=O)N2CCOCC2)CC1.I. The number of hydrogen-bond acceptors (Lipinski definition) is 6. The molecule has 0 radical (unpaired) electrons. The summed E-state index contributed by atoms with van der Waals surface area (Å²) in [5, 5.41) is 11.5. The molecular weight excluding hydrogens is 499 g/mol. The lowest BCUT2D eigenvalue weighted by molar-refractivity contribution is -0.136. The fourth-order valence-corrected chi connectivity index (χ4v) is 3.65. The van der Waals surface area contributed by atoms with Gasteiger partial charge in [-0.3, -0.25) is 14.7 Å². The van der Waals surface area contributed by atoms with Crippen molar-refractivity contribution < 1.29 is 9.53 Å². The van der Waals surface area contributed by atoms with Gasteiger partial charge in [0.1, 0.15) is 12.2 Å². The van der Waals surface area contributed by atoms with E-state index in [1.54, 1.807) is 6.33 Å². The average molecular weight is 534 g/mol. The fourth-order valence-electron chi connectivity index (χ4n) is 3.65. The minimum Gasteiger partial charge on any atom is -0.378 e. The highest BCUT2D eigenvalue weighted by molar-refractivity contribution is 14.0. The first-order chi connectivity index (χ1) is 14.2. The summed E-state index contributed by atoms with van der Waals surface area (Å²) in [6.45, 7) is 13.2. The summed E-state index contributed by atoms with van der Waals surface area (Å²) in [7, 11) is 0. The minimum absolute atomic E-state index is 0. The zero-order valence-corrected chi connectivity index (χ0v) is 20.5. The number of ether oxygens (including phenoxy) is 1. The number of piperazine rings is 1. The summed E-state index contributed by atoms with van der Waals surface area (Å²) in [5.74, 6) is 2.14. The molecule has 0 aliphatic carbocycles. The van der Waals surface area contributed by atoms with Gasteiger partial charge in [-0.15, -0.1) is 34.2 Å². The van der Waals surface area contributed by atoms with Crippen LogP contribution in [0.25, 0.3) is 0 Å². The van der Waals surface area contributed by atoms with Gasteiger partial charge < -0.3 is 24.4 Å². The smallest absolute Gasteiger partial charge is 0.236 e. The molecule has 0 spiro atoms. The van der Waals surface area contributed by atoms with Crippen molar-refractivity contribution >= 4 is 35.8 Å². The Morgan fingerprint density at radius 1 is 1.13 bits per heavy atom. The van der Waals surface area contributed by atoms with E-state index in [4.69, 9.17) is 9.73 Å². The molecule has 10 nitrogen and oxygen atoms in total. The number of aryl methyl sites for hydroxylation is 1. The Morgan fingerprint density at radius 3 is 2.53 bits per heavy atom. The quantitative estimate of drug-likeness (QED) is 0.297. The summed E-state index contributed by atoms with van der Waals surface area (Å²) in [6.07, 6.45) is 2.64. The topological polar surface area (TPSA) is 91.1 Å². The molecule has 1 N–H and O–H groups in total. The zero-order valence-electron chi connectivity index (χ0n) is 18.1. The highest BCUT2D eigenvalue weighted by atomic mass is 127.